The summed E-state index contributed by atoms with van der Waals surface area (Å²) in [4.78, 5) is 38.1. The summed E-state index contributed by atoms with van der Waals surface area (Å²) >= 11 is 0. The number of hydrogen-bond acceptors (Lipinski definition) is 6. The van der Waals surface area contributed by atoms with E-state index in [1.807, 2.05) is 0 Å². The number of allylic oxidation sites excluding steroid dienone is 8. The van der Waals surface area contributed by atoms with E-state index in [-0.39, 0.29) is 31.1 Å². The Balaban J connectivity index is 4.38. The summed E-state index contributed by atoms with van der Waals surface area (Å²) in [6, 6.07) is 0. The Hall–Kier alpha value is -2.63. The Kier molecular flexibility index (Phi) is 51.8. The maximum Gasteiger partial charge on any atom is 0.306 e. The third-order valence-corrected chi connectivity index (χ3v) is 12.3. The van der Waals surface area contributed by atoms with E-state index in [4.69, 9.17) is 14.2 Å². The van der Waals surface area contributed by atoms with Gasteiger partial charge in [-0.25, -0.2) is 0 Å². The highest BCUT2D eigenvalue weighted by Crippen LogP contribution is 2.15. The Bertz CT molecular complexity index is 1140. The number of hydrogen-bond donors (Lipinski definition) is 0. The van der Waals surface area contributed by atoms with E-state index in [9.17, 15) is 14.4 Å². The molecular weight excluding hydrogens is 805 g/mol. The van der Waals surface area contributed by atoms with Gasteiger partial charge in [-0.1, -0.05) is 223 Å². The second-order valence-corrected chi connectivity index (χ2v) is 18.9. The zero-order valence-electron chi connectivity index (χ0n) is 43.3. The van der Waals surface area contributed by atoms with Gasteiger partial charge in [-0.3, -0.25) is 14.4 Å². The Morgan fingerprint density at radius 3 is 0.908 bits per heavy atom. The largest absolute Gasteiger partial charge is 0.462 e. The van der Waals surface area contributed by atoms with Crippen LogP contribution in [-0.2, 0) is 28.6 Å². The van der Waals surface area contributed by atoms with E-state index >= 15 is 0 Å². The average molecular weight is 911 g/mol. The SMILES string of the molecule is CCCCC/C=C\CCCCCCCC(=O)OCC(COC(=O)CCCCCCCCC/C=C\CCCCCCCCCC)OC(=O)CCCCC/C=C\C=C/CCCCCCCCC. The van der Waals surface area contributed by atoms with Crippen molar-refractivity contribution in [3.8, 4) is 0 Å². The molecule has 0 spiro atoms. The van der Waals surface area contributed by atoms with E-state index in [1.165, 1.54) is 173 Å². The van der Waals surface area contributed by atoms with Gasteiger partial charge >= 0.3 is 17.9 Å². The molecule has 0 aromatic heterocycles. The molecule has 6 nitrogen and oxygen atoms in total. The first-order valence-electron chi connectivity index (χ1n) is 28.2. The van der Waals surface area contributed by atoms with Crippen molar-refractivity contribution in [1.29, 1.82) is 0 Å². The van der Waals surface area contributed by atoms with Crippen LogP contribution in [0.5, 0.6) is 0 Å². The second-order valence-electron chi connectivity index (χ2n) is 18.9. The van der Waals surface area contributed by atoms with Gasteiger partial charge in [0.25, 0.3) is 0 Å². The minimum absolute atomic E-state index is 0.0876. The van der Waals surface area contributed by atoms with Gasteiger partial charge in [0, 0.05) is 19.3 Å². The van der Waals surface area contributed by atoms with E-state index < -0.39 is 6.10 Å². The number of unbranched alkanes of at least 4 members (excludes halogenated alkanes) is 33. The second kappa shape index (κ2) is 54.0. The number of carbonyl (C=O) groups excluding carboxylic acids is 3. The Morgan fingerprint density at radius 1 is 0.308 bits per heavy atom. The van der Waals surface area contributed by atoms with Gasteiger partial charge in [-0.2, -0.15) is 0 Å². The summed E-state index contributed by atoms with van der Waals surface area (Å²) in [5.74, 6) is -0.918. The van der Waals surface area contributed by atoms with Crippen LogP contribution in [0.3, 0.4) is 0 Å². The van der Waals surface area contributed by atoms with Crippen LogP contribution in [0, 0.1) is 0 Å². The van der Waals surface area contributed by atoms with E-state index in [2.05, 4.69) is 69.4 Å². The van der Waals surface area contributed by atoms with Crippen LogP contribution in [-0.4, -0.2) is 37.2 Å². The molecule has 0 aliphatic carbocycles. The molecule has 0 bridgehead atoms. The van der Waals surface area contributed by atoms with Crippen LogP contribution in [0.2, 0.25) is 0 Å². The van der Waals surface area contributed by atoms with Gasteiger partial charge in [0.1, 0.15) is 13.2 Å². The zero-order chi connectivity index (χ0) is 47.2. The van der Waals surface area contributed by atoms with Gasteiger partial charge in [-0.05, 0) is 96.3 Å². The summed E-state index contributed by atoms with van der Waals surface area (Å²) in [6.07, 6.45) is 65.3. The summed E-state index contributed by atoms with van der Waals surface area (Å²) < 4.78 is 16.8. The van der Waals surface area contributed by atoms with Gasteiger partial charge in [0.15, 0.2) is 6.10 Å². The molecule has 0 amide bonds. The minimum atomic E-state index is -0.791. The van der Waals surface area contributed by atoms with Crippen LogP contribution in [0.4, 0.5) is 0 Å². The van der Waals surface area contributed by atoms with Crippen molar-refractivity contribution in [2.45, 2.75) is 297 Å². The van der Waals surface area contributed by atoms with Crippen LogP contribution in [0.25, 0.3) is 0 Å². The number of rotatable bonds is 51. The molecule has 378 valence electrons. The summed E-state index contributed by atoms with van der Waals surface area (Å²) in [6.45, 7) is 6.60. The molecule has 0 aliphatic heterocycles. The van der Waals surface area contributed by atoms with Crippen molar-refractivity contribution in [3.63, 3.8) is 0 Å². The molecule has 6 heteroatoms. The molecule has 65 heavy (non-hydrogen) atoms. The van der Waals surface area contributed by atoms with Crippen molar-refractivity contribution in [2.75, 3.05) is 13.2 Å². The maximum absolute atomic E-state index is 12.8. The molecule has 0 saturated heterocycles. The van der Waals surface area contributed by atoms with E-state index in [0.29, 0.717) is 19.3 Å². The van der Waals surface area contributed by atoms with Crippen molar-refractivity contribution >= 4 is 17.9 Å². The third kappa shape index (κ3) is 52.2. The van der Waals surface area contributed by atoms with Crippen LogP contribution < -0.4 is 0 Å². The predicted octanol–water partition coefficient (Wildman–Crippen LogP) is 18.7. The molecule has 0 aliphatic rings. The highest BCUT2D eigenvalue weighted by atomic mass is 16.6. The molecule has 0 rings (SSSR count). The topological polar surface area (TPSA) is 78.9 Å². The molecular formula is C59H106O6. The first kappa shape index (κ1) is 62.4. The number of ether oxygens (including phenoxy) is 3. The van der Waals surface area contributed by atoms with Crippen LogP contribution >= 0.6 is 0 Å². The van der Waals surface area contributed by atoms with Gasteiger partial charge in [0.05, 0.1) is 0 Å². The number of carbonyl (C=O) groups is 3. The quantitative estimate of drug-likeness (QED) is 0.0199. The standard InChI is InChI=1S/C59H106O6/c1-4-7-10-13-16-19-22-25-27-29-30-31-33-34-37-40-43-46-49-52-58(61)64-55-56(54-63-57(60)51-48-45-42-39-36-24-21-18-15-12-9-6-3)65-59(62)53-50-47-44-41-38-35-32-28-26-23-20-17-14-11-8-5-2/h18,21,28-30,32,35,38,56H,4-17,19-20,22-27,31,33-34,36-37,39-55H2,1-3H3/b21-18-,30-29-,32-28-,38-35-. The lowest BCUT2D eigenvalue weighted by atomic mass is 10.1. The normalized spacial score (nSPS) is 12.4. The zero-order valence-corrected chi connectivity index (χ0v) is 43.3. The molecule has 0 aromatic carbocycles. The van der Waals surface area contributed by atoms with Crippen molar-refractivity contribution in [3.05, 3.63) is 48.6 Å². The predicted molar refractivity (Wildman–Crippen MR) is 279 cm³/mol. The molecule has 1 unspecified atom stereocenters. The third-order valence-electron chi connectivity index (χ3n) is 12.3. The smallest absolute Gasteiger partial charge is 0.306 e. The lowest BCUT2D eigenvalue weighted by molar-refractivity contribution is -0.167. The van der Waals surface area contributed by atoms with E-state index in [1.54, 1.807) is 0 Å². The minimum Gasteiger partial charge on any atom is -0.462 e. The summed E-state index contributed by atoms with van der Waals surface area (Å²) in [5, 5.41) is 0. The Labute approximate surface area is 403 Å². The highest BCUT2D eigenvalue weighted by molar-refractivity contribution is 5.71. The molecule has 0 N–H and O–H groups in total. The van der Waals surface area contributed by atoms with Crippen molar-refractivity contribution in [1.82, 2.24) is 0 Å². The molecule has 0 heterocycles. The first-order valence-corrected chi connectivity index (χ1v) is 28.2. The van der Waals surface area contributed by atoms with E-state index in [0.717, 1.165) is 77.0 Å². The van der Waals surface area contributed by atoms with Crippen molar-refractivity contribution in [2.24, 2.45) is 0 Å². The summed E-state index contributed by atoms with van der Waals surface area (Å²) in [7, 11) is 0. The average Bonchev–Trinajstić information content (AvgIpc) is 3.30. The lowest BCUT2D eigenvalue weighted by Gasteiger charge is -2.18. The molecule has 0 aromatic rings. The fourth-order valence-corrected chi connectivity index (χ4v) is 8.01. The highest BCUT2D eigenvalue weighted by Gasteiger charge is 2.19. The molecule has 0 saturated carbocycles. The van der Waals surface area contributed by atoms with Gasteiger partial charge in [0.2, 0.25) is 0 Å². The monoisotopic (exact) mass is 911 g/mol. The molecule has 0 fully saturated rings. The summed E-state index contributed by atoms with van der Waals surface area (Å²) in [5.41, 5.74) is 0. The Morgan fingerprint density at radius 2 is 0.554 bits per heavy atom. The van der Waals surface area contributed by atoms with Gasteiger partial charge in [-0.15, -0.1) is 0 Å². The molecule has 1 atom stereocenters. The fraction of sp³-hybridized carbons (Fsp3) is 0.814. The lowest BCUT2D eigenvalue weighted by Crippen LogP contribution is -2.30. The van der Waals surface area contributed by atoms with Gasteiger partial charge < -0.3 is 14.2 Å². The molecule has 0 radical (unpaired) electrons. The van der Waals surface area contributed by atoms with Crippen molar-refractivity contribution < 1.29 is 28.6 Å². The fourth-order valence-electron chi connectivity index (χ4n) is 8.01. The van der Waals surface area contributed by atoms with Crippen LogP contribution in [0.15, 0.2) is 48.6 Å². The first-order chi connectivity index (χ1) is 32.0. The maximum atomic E-state index is 12.8. The van der Waals surface area contributed by atoms with Crippen LogP contribution in [0.1, 0.15) is 290 Å². The number of esters is 3.